The Morgan fingerprint density at radius 1 is 1.00 bits per heavy atom. The molecule has 0 fully saturated rings. The molecule has 7 heteroatoms. The lowest BCUT2D eigenvalue weighted by Gasteiger charge is -2.15. The monoisotopic (exact) mass is 340 g/mol. The molecule has 0 radical (unpaired) electrons. The molecule has 2 heterocycles. The van der Waals surface area contributed by atoms with E-state index in [1.165, 1.54) is 0 Å². The van der Waals surface area contributed by atoms with E-state index in [4.69, 9.17) is 9.47 Å². The Bertz CT molecular complexity index is 863. The zero-order chi connectivity index (χ0) is 16.5. The highest BCUT2D eigenvalue weighted by molar-refractivity contribution is 7.99. The molecule has 0 spiro atoms. The molecular weight excluding hydrogens is 324 g/mol. The molecule has 0 aliphatic carbocycles. The second kappa shape index (κ2) is 6.09. The number of rotatable bonds is 4. The molecule has 1 atom stereocenters. The van der Waals surface area contributed by atoms with Crippen LogP contribution in [0.5, 0.6) is 11.5 Å². The van der Waals surface area contributed by atoms with Gasteiger partial charge in [0.2, 0.25) is 5.16 Å². The largest absolute Gasteiger partial charge is 0.497 e. The zero-order valence-electron chi connectivity index (χ0n) is 13.3. The number of ether oxygens (including phenoxy) is 2. The number of fused-ring (bicyclic) bond motifs is 1. The van der Waals surface area contributed by atoms with Crippen LogP contribution in [0.2, 0.25) is 0 Å². The molecule has 0 saturated heterocycles. The van der Waals surface area contributed by atoms with E-state index in [9.17, 15) is 0 Å². The van der Waals surface area contributed by atoms with Crippen molar-refractivity contribution in [2.45, 2.75) is 10.5 Å². The summed E-state index contributed by atoms with van der Waals surface area (Å²) in [6.07, 6.45) is 0. The molecule has 1 aliphatic rings. The van der Waals surface area contributed by atoms with Gasteiger partial charge in [-0.3, -0.25) is 0 Å². The van der Waals surface area contributed by atoms with E-state index in [0.29, 0.717) is 0 Å². The van der Waals surface area contributed by atoms with Crippen molar-refractivity contribution in [2.75, 3.05) is 19.6 Å². The van der Waals surface area contributed by atoms with Crippen LogP contribution in [0.1, 0.15) is 10.9 Å². The first-order chi connectivity index (χ1) is 11.8. The fourth-order valence-electron chi connectivity index (χ4n) is 2.65. The van der Waals surface area contributed by atoms with Crippen molar-refractivity contribution in [1.29, 1.82) is 0 Å². The lowest BCUT2D eigenvalue weighted by Crippen LogP contribution is -2.14. The Labute approximate surface area is 143 Å². The van der Waals surface area contributed by atoms with E-state index in [2.05, 4.69) is 21.7 Å². The van der Waals surface area contributed by atoms with Gasteiger partial charge >= 0.3 is 0 Å². The third-order valence-electron chi connectivity index (χ3n) is 3.87. The number of nitrogens with one attached hydrogen (secondary N) is 1. The van der Waals surface area contributed by atoms with Crippen molar-refractivity contribution in [2.24, 2.45) is 0 Å². The quantitative estimate of drug-likeness (QED) is 0.786. The van der Waals surface area contributed by atoms with Crippen molar-refractivity contribution in [3.8, 4) is 22.9 Å². The number of para-hydroxylation sites is 1. The van der Waals surface area contributed by atoms with E-state index < -0.39 is 0 Å². The van der Waals surface area contributed by atoms with Gasteiger partial charge in [0.15, 0.2) is 5.82 Å². The summed E-state index contributed by atoms with van der Waals surface area (Å²) in [5.41, 5.74) is 5.50. The first kappa shape index (κ1) is 14.9. The fraction of sp³-hybridized carbons (Fsp3) is 0.176. The van der Waals surface area contributed by atoms with Gasteiger partial charge in [0.05, 0.1) is 14.2 Å². The van der Waals surface area contributed by atoms with Gasteiger partial charge in [-0.1, -0.05) is 30.0 Å². The van der Waals surface area contributed by atoms with Crippen LogP contribution in [0.4, 0.5) is 0 Å². The lowest BCUT2D eigenvalue weighted by molar-refractivity contribution is 0.409. The number of aromatic nitrogens is 3. The van der Waals surface area contributed by atoms with Crippen LogP contribution in [0.3, 0.4) is 0 Å². The minimum atomic E-state index is 0.0312. The second-order valence-electron chi connectivity index (χ2n) is 5.24. The molecule has 1 N–H and O–H groups in total. The molecule has 0 unspecified atom stereocenters. The average molecular weight is 340 g/mol. The molecule has 3 aromatic rings. The first-order valence-corrected chi connectivity index (χ1v) is 8.34. The number of nitrogens with zero attached hydrogens (tertiary/aromatic N) is 3. The van der Waals surface area contributed by atoms with Gasteiger partial charge in [0.1, 0.15) is 16.9 Å². The van der Waals surface area contributed by atoms with Crippen LogP contribution >= 0.6 is 11.8 Å². The molecule has 6 nitrogen and oxygen atoms in total. The topological polar surface area (TPSA) is 61.2 Å². The van der Waals surface area contributed by atoms with E-state index in [-0.39, 0.29) is 5.37 Å². The van der Waals surface area contributed by atoms with Crippen molar-refractivity contribution in [3.05, 3.63) is 54.1 Å². The van der Waals surface area contributed by atoms with Gasteiger partial charge in [-0.25, -0.2) is 4.68 Å². The van der Waals surface area contributed by atoms with Gasteiger partial charge in [0.25, 0.3) is 0 Å². The third kappa shape index (κ3) is 2.46. The lowest BCUT2D eigenvalue weighted by atomic mass is 10.2. The minimum Gasteiger partial charge on any atom is -0.497 e. The molecule has 1 aromatic heterocycles. The van der Waals surface area contributed by atoms with Crippen LogP contribution in [0.25, 0.3) is 11.4 Å². The summed E-state index contributed by atoms with van der Waals surface area (Å²) >= 11 is 1.62. The average Bonchev–Trinajstić information content (AvgIpc) is 3.22. The maximum atomic E-state index is 5.46. The van der Waals surface area contributed by atoms with Gasteiger partial charge in [-0.05, 0) is 30.3 Å². The molecule has 1 aliphatic heterocycles. The maximum absolute atomic E-state index is 5.46. The summed E-state index contributed by atoms with van der Waals surface area (Å²) in [7, 11) is 3.33. The Balaban J connectivity index is 1.65. The number of methoxy groups -OCH3 is 2. The highest BCUT2D eigenvalue weighted by atomic mass is 32.2. The zero-order valence-corrected chi connectivity index (χ0v) is 14.1. The van der Waals surface area contributed by atoms with E-state index in [0.717, 1.165) is 33.6 Å². The molecule has 0 amide bonds. The molecule has 4 rings (SSSR count). The highest BCUT2D eigenvalue weighted by Crippen LogP contribution is 2.43. The number of thioether (sulfide) groups is 1. The summed E-state index contributed by atoms with van der Waals surface area (Å²) < 4.78 is 12.6. The van der Waals surface area contributed by atoms with Crippen LogP contribution in [0, 0.1) is 0 Å². The highest BCUT2D eigenvalue weighted by Gasteiger charge is 2.29. The Morgan fingerprint density at radius 2 is 1.79 bits per heavy atom. The SMILES string of the molecule is COc1ccc(-c2nnc3n2N[C@H](c2ccccc2OC)S3)cc1. The summed E-state index contributed by atoms with van der Waals surface area (Å²) in [4.78, 5) is 0. The van der Waals surface area contributed by atoms with Gasteiger partial charge in [0, 0.05) is 11.1 Å². The molecule has 122 valence electrons. The second-order valence-corrected chi connectivity index (χ2v) is 6.31. The molecule has 24 heavy (non-hydrogen) atoms. The summed E-state index contributed by atoms with van der Waals surface area (Å²) in [5, 5.41) is 9.44. The minimum absolute atomic E-state index is 0.0312. The Morgan fingerprint density at radius 3 is 2.54 bits per heavy atom. The van der Waals surface area contributed by atoms with Gasteiger partial charge in [-0.15, -0.1) is 10.2 Å². The predicted octanol–water partition coefficient (Wildman–Crippen LogP) is 3.31. The van der Waals surface area contributed by atoms with Crippen molar-refractivity contribution >= 4 is 11.8 Å². The molecular formula is C17H16N4O2S. The van der Waals surface area contributed by atoms with Crippen molar-refractivity contribution in [3.63, 3.8) is 0 Å². The first-order valence-electron chi connectivity index (χ1n) is 7.46. The van der Waals surface area contributed by atoms with Crippen molar-refractivity contribution in [1.82, 2.24) is 14.9 Å². The van der Waals surface area contributed by atoms with Crippen LogP contribution in [0.15, 0.2) is 53.7 Å². The van der Waals surface area contributed by atoms with Crippen LogP contribution < -0.4 is 14.9 Å². The predicted molar refractivity (Wildman–Crippen MR) is 93.0 cm³/mol. The van der Waals surface area contributed by atoms with E-state index >= 15 is 0 Å². The number of hydrogen-bond donors (Lipinski definition) is 1. The van der Waals surface area contributed by atoms with Gasteiger partial charge < -0.3 is 14.9 Å². The third-order valence-corrected chi connectivity index (χ3v) is 4.94. The van der Waals surface area contributed by atoms with Crippen LogP contribution in [-0.2, 0) is 0 Å². The van der Waals surface area contributed by atoms with Gasteiger partial charge in [-0.2, -0.15) is 0 Å². The normalized spacial score (nSPS) is 15.7. The standard InChI is InChI=1S/C17H16N4O2S/c1-22-12-9-7-11(8-10-12)15-18-19-17-21(15)20-16(24-17)13-5-3-4-6-14(13)23-2/h3-10,16,20H,1-2H3/t16-/m0/s1. The fourth-order valence-corrected chi connectivity index (χ4v) is 3.68. The Hall–Kier alpha value is -2.67. The van der Waals surface area contributed by atoms with E-state index in [1.807, 2.05) is 47.1 Å². The van der Waals surface area contributed by atoms with Crippen molar-refractivity contribution < 1.29 is 9.47 Å². The number of hydrogen-bond acceptors (Lipinski definition) is 6. The molecule has 2 aromatic carbocycles. The molecule has 0 saturated carbocycles. The number of benzene rings is 2. The molecule has 0 bridgehead atoms. The van der Waals surface area contributed by atoms with Crippen LogP contribution in [-0.4, -0.2) is 29.1 Å². The summed E-state index contributed by atoms with van der Waals surface area (Å²) in [6, 6.07) is 15.7. The summed E-state index contributed by atoms with van der Waals surface area (Å²) in [6.45, 7) is 0. The summed E-state index contributed by atoms with van der Waals surface area (Å²) in [5.74, 6) is 2.44. The smallest absolute Gasteiger partial charge is 0.212 e. The van der Waals surface area contributed by atoms with E-state index in [1.54, 1.807) is 26.0 Å². The maximum Gasteiger partial charge on any atom is 0.212 e. The Kier molecular flexibility index (Phi) is 3.78.